The van der Waals surface area contributed by atoms with Gasteiger partial charge in [-0.05, 0) is 38.0 Å². The second-order valence-electron chi connectivity index (χ2n) is 8.17. The van der Waals surface area contributed by atoms with E-state index in [1.807, 2.05) is 4.90 Å². The van der Waals surface area contributed by atoms with Gasteiger partial charge in [0.05, 0.1) is 16.3 Å². The summed E-state index contributed by atoms with van der Waals surface area (Å²) < 4.78 is 66.7. The third kappa shape index (κ3) is 5.53. The van der Waals surface area contributed by atoms with Gasteiger partial charge >= 0.3 is 0 Å². The highest BCUT2D eigenvalue weighted by atomic mass is 35.5. The minimum Gasteiger partial charge on any atom is -0.350 e. The number of nitrogens with zero attached hydrogens (tertiary/aromatic N) is 2. The van der Waals surface area contributed by atoms with Crippen LogP contribution in [0.4, 0.5) is 13.2 Å². The summed E-state index contributed by atoms with van der Waals surface area (Å²) >= 11 is 5.97. The van der Waals surface area contributed by atoms with E-state index >= 15 is 0 Å². The summed E-state index contributed by atoms with van der Waals surface area (Å²) in [5, 5.41) is 2.76. The van der Waals surface area contributed by atoms with E-state index in [1.54, 1.807) is 6.92 Å². The van der Waals surface area contributed by atoms with Gasteiger partial charge in [-0.25, -0.2) is 21.6 Å². The number of piperazine rings is 1. The molecule has 2 fully saturated rings. The van der Waals surface area contributed by atoms with Crippen molar-refractivity contribution in [2.24, 2.45) is 0 Å². The van der Waals surface area contributed by atoms with Gasteiger partial charge in [-0.2, -0.15) is 4.31 Å². The van der Waals surface area contributed by atoms with Gasteiger partial charge in [0, 0.05) is 51.1 Å². The lowest BCUT2D eigenvalue weighted by molar-refractivity contribution is -0.0856. The number of carbonyl (C=O) groups excluding carboxylic acids is 1. The van der Waals surface area contributed by atoms with Crippen molar-refractivity contribution in [1.82, 2.24) is 14.5 Å². The van der Waals surface area contributed by atoms with Crippen molar-refractivity contribution in [2.75, 3.05) is 38.5 Å². The Hall–Kier alpha value is -1.36. The zero-order chi connectivity index (χ0) is 22.9. The third-order valence-electron chi connectivity index (χ3n) is 6.33. The van der Waals surface area contributed by atoms with E-state index in [4.69, 9.17) is 11.6 Å². The highest BCUT2D eigenvalue weighted by molar-refractivity contribution is 7.89. The minimum atomic E-state index is -3.31. The van der Waals surface area contributed by atoms with Gasteiger partial charge < -0.3 is 5.32 Å². The van der Waals surface area contributed by atoms with Gasteiger partial charge in [0.25, 0.3) is 5.91 Å². The number of halogens is 4. The molecule has 11 heteroatoms. The van der Waals surface area contributed by atoms with E-state index in [0.717, 1.165) is 12.1 Å². The average Bonchev–Trinajstić information content (AvgIpc) is 2.73. The van der Waals surface area contributed by atoms with Crippen LogP contribution < -0.4 is 5.32 Å². The first kappa shape index (κ1) is 24.3. The lowest BCUT2D eigenvalue weighted by Gasteiger charge is -2.50. The predicted octanol–water partition coefficient (Wildman–Crippen LogP) is 3.12. The molecule has 1 N–H and O–H groups in total. The van der Waals surface area contributed by atoms with E-state index in [1.165, 1.54) is 10.4 Å². The van der Waals surface area contributed by atoms with Crippen LogP contribution in [-0.4, -0.2) is 73.5 Å². The Morgan fingerprint density at radius 1 is 1.13 bits per heavy atom. The van der Waals surface area contributed by atoms with Crippen LogP contribution in [0.15, 0.2) is 18.2 Å². The standard InChI is InChI=1S/C20H27ClF3N3O3S/c1-2-31(29,30)27-11-9-26(10-12-27)19(5-7-20(23,24)8-6-19)14-25-18(28)16-4-3-15(22)13-17(16)21/h3-4,13H,2,5-12,14H2,1H3,(H,25,28). The normalized spacial score (nSPS) is 22.2. The van der Waals surface area contributed by atoms with Gasteiger partial charge in [0.2, 0.25) is 15.9 Å². The summed E-state index contributed by atoms with van der Waals surface area (Å²) in [6, 6.07) is 3.45. The summed E-state index contributed by atoms with van der Waals surface area (Å²) in [7, 11) is -3.31. The van der Waals surface area contributed by atoms with Crippen LogP contribution in [0.2, 0.25) is 5.02 Å². The molecule has 1 aromatic rings. The largest absolute Gasteiger partial charge is 0.350 e. The molecule has 3 rings (SSSR count). The molecular formula is C20H27ClF3N3O3S. The van der Waals surface area contributed by atoms with Crippen molar-refractivity contribution in [3.63, 3.8) is 0 Å². The van der Waals surface area contributed by atoms with E-state index < -0.39 is 33.2 Å². The van der Waals surface area contributed by atoms with Crippen molar-refractivity contribution < 1.29 is 26.4 Å². The molecule has 0 aromatic heterocycles. The van der Waals surface area contributed by atoms with Crippen molar-refractivity contribution in [3.8, 4) is 0 Å². The second-order valence-corrected chi connectivity index (χ2v) is 10.8. The van der Waals surface area contributed by atoms with Crippen LogP contribution in [0.25, 0.3) is 0 Å². The molecule has 1 aliphatic carbocycles. The molecule has 0 unspecified atom stereocenters. The van der Waals surface area contributed by atoms with Gasteiger partial charge in [-0.1, -0.05) is 11.6 Å². The first-order chi connectivity index (χ1) is 14.5. The topological polar surface area (TPSA) is 69.7 Å². The van der Waals surface area contributed by atoms with E-state index in [-0.39, 0.29) is 61.7 Å². The lowest BCUT2D eigenvalue weighted by Crippen LogP contribution is -2.63. The zero-order valence-corrected chi connectivity index (χ0v) is 18.9. The van der Waals surface area contributed by atoms with Crippen LogP contribution in [0.5, 0.6) is 0 Å². The van der Waals surface area contributed by atoms with Crippen LogP contribution in [0, 0.1) is 5.82 Å². The van der Waals surface area contributed by atoms with Crippen molar-refractivity contribution in [3.05, 3.63) is 34.6 Å². The first-order valence-corrected chi connectivity index (χ1v) is 12.3. The molecule has 1 aromatic carbocycles. The quantitative estimate of drug-likeness (QED) is 0.677. The molecule has 1 saturated heterocycles. The number of sulfonamides is 1. The number of rotatable bonds is 6. The van der Waals surface area contributed by atoms with Gasteiger partial charge in [-0.15, -0.1) is 0 Å². The zero-order valence-electron chi connectivity index (χ0n) is 17.3. The Morgan fingerprint density at radius 3 is 2.29 bits per heavy atom. The Labute approximate surface area is 185 Å². The third-order valence-corrected chi connectivity index (χ3v) is 8.53. The maximum atomic E-state index is 13.9. The summed E-state index contributed by atoms with van der Waals surface area (Å²) in [5.74, 6) is -3.80. The first-order valence-electron chi connectivity index (χ1n) is 10.3. The number of hydrogen-bond donors (Lipinski definition) is 1. The molecule has 0 atom stereocenters. The monoisotopic (exact) mass is 481 g/mol. The number of carbonyl (C=O) groups is 1. The highest BCUT2D eigenvalue weighted by Crippen LogP contribution is 2.42. The molecule has 0 bridgehead atoms. The fourth-order valence-electron chi connectivity index (χ4n) is 4.32. The summed E-state index contributed by atoms with van der Waals surface area (Å²) in [6.45, 7) is 3.08. The maximum Gasteiger partial charge on any atom is 0.252 e. The minimum absolute atomic E-state index is 0.0128. The van der Waals surface area contributed by atoms with Gasteiger partial charge in [0.15, 0.2) is 0 Å². The summed E-state index contributed by atoms with van der Waals surface area (Å²) in [4.78, 5) is 14.6. The molecular weight excluding hydrogens is 455 g/mol. The SMILES string of the molecule is CCS(=O)(=O)N1CCN(C2(CNC(=O)c3ccc(F)cc3Cl)CCC(F)(F)CC2)CC1. The van der Waals surface area contributed by atoms with E-state index in [2.05, 4.69) is 5.32 Å². The second kappa shape index (κ2) is 9.25. The molecule has 1 heterocycles. The number of nitrogens with one attached hydrogen (secondary N) is 1. The lowest BCUT2D eigenvalue weighted by atomic mass is 9.78. The molecule has 6 nitrogen and oxygen atoms in total. The molecule has 0 spiro atoms. The van der Waals surface area contributed by atoms with Crippen molar-refractivity contribution >= 4 is 27.5 Å². The van der Waals surface area contributed by atoms with Crippen LogP contribution >= 0.6 is 11.6 Å². The highest BCUT2D eigenvalue weighted by Gasteiger charge is 2.47. The van der Waals surface area contributed by atoms with Crippen LogP contribution in [-0.2, 0) is 10.0 Å². The van der Waals surface area contributed by atoms with Crippen molar-refractivity contribution in [1.29, 1.82) is 0 Å². The molecule has 174 valence electrons. The average molecular weight is 482 g/mol. The van der Waals surface area contributed by atoms with Crippen LogP contribution in [0.3, 0.4) is 0 Å². The number of alkyl halides is 2. The Morgan fingerprint density at radius 2 is 1.74 bits per heavy atom. The number of hydrogen-bond acceptors (Lipinski definition) is 4. The van der Waals surface area contributed by atoms with E-state index in [9.17, 15) is 26.4 Å². The van der Waals surface area contributed by atoms with Crippen LogP contribution in [0.1, 0.15) is 43.0 Å². The van der Waals surface area contributed by atoms with Gasteiger partial charge in [0.1, 0.15) is 5.82 Å². The fraction of sp³-hybridized carbons (Fsp3) is 0.650. The molecule has 1 saturated carbocycles. The Bertz CT molecular complexity index is 911. The van der Waals surface area contributed by atoms with Gasteiger partial charge in [-0.3, -0.25) is 9.69 Å². The number of amides is 1. The molecule has 31 heavy (non-hydrogen) atoms. The smallest absolute Gasteiger partial charge is 0.252 e. The Balaban J connectivity index is 1.73. The summed E-state index contributed by atoms with van der Waals surface area (Å²) in [6.07, 6.45) is -0.239. The molecule has 1 amide bonds. The number of benzene rings is 1. The fourth-order valence-corrected chi connectivity index (χ4v) is 5.66. The molecule has 0 radical (unpaired) electrons. The summed E-state index contributed by atoms with van der Waals surface area (Å²) in [5.41, 5.74) is -0.593. The Kier molecular flexibility index (Phi) is 7.25. The maximum absolute atomic E-state index is 13.9. The molecule has 1 aliphatic heterocycles. The predicted molar refractivity (Wildman–Crippen MR) is 112 cm³/mol. The van der Waals surface area contributed by atoms with Crippen molar-refractivity contribution in [2.45, 2.75) is 44.1 Å². The van der Waals surface area contributed by atoms with E-state index in [0.29, 0.717) is 13.1 Å². The molecule has 2 aliphatic rings.